The number of carboxylic acids is 1. The van der Waals surface area contributed by atoms with E-state index in [9.17, 15) is 4.79 Å². The van der Waals surface area contributed by atoms with Crippen LogP contribution in [0.4, 0.5) is 5.69 Å². The first-order chi connectivity index (χ1) is 9.97. The summed E-state index contributed by atoms with van der Waals surface area (Å²) in [5.74, 6) is -0.836. The molecule has 2 rings (SSSR count). The predicted octanol–water partition coefficient (Wildman–Crippen LogP) is 5.00. The second-order valence-corrected chi connectivity index (χ2v) is 6.07. The Morgan fingerprint density at radius 3 is 2.29 bits per heavy atom. The topological polar surface area (TPSA) is 49.3 Å². The van der Waals surface area contributed by atoms with E-state index in [0.717, 1.165) is 21.3 Å². The van der Waals surface area contributed by atoms with Gasteiger partial charge in [0, 0.05) is 11.0 Å². The molecule has 2 aromatic rings. The average Bonchev–Trinajstić information content (AvgIpc) is 2.45. The molecule has 0 saturated heterocycles. The number of anilines is 1. The fourth-order valence-electron chi connectivity index (χ4n) is 1.81. The first kappa shape index (κ1) is 16.1. The van der Waals surface area contributed by atoms with Crippen molar-refractivity contribution < 1.29 is 9.90 Å². The Balaban J connectivity index is 2.03. The van der Waals surface area contributed by atoms with Crippen LogP contribution < -0.4 is 5.32 Å². The Labute approximate surface area is 141 Å². The van der Waals surface area contributed by atoms with Gasteiger partial charge in [-0.3, -0.25) is 4.79 Å². The van der Waals surface area contributed by atoms with Crippen molar-refractivity contribution in [3.05, 3.63) is 62.0 Å². The molecule has 0 aliphatic heterocycles. The molecule has 0 radical (unpaired) electrons. The maximum atomic E-state index is 10.6. The van der Waals surface area contributed by atoms with Crippen LogP contribution in [0.5, 0.6) is 0 Å². The Morgan fingerprint density at radius 1 is 1.05 bits per heavy atom. The minimum Gasteiger partial charge on any atom is -0.481 e. The van der Waals surface area contributed by atoms with E-state index >= 15 is 0 Å². The number of halogens is 3. The van der Waals surface area contributed by atoms with Gasteiger partial charge in [-0.1, -0.05) is 47.5 Å². The van der Waals surface area contributed by atoms with Crippen LogP contribution in [0.25, 0.3) is 0 Å². The van der Waals surface area contributed by atoms with Crippen LogP contribution >= 0.6 is 39.1 Å². The second-order valence-electron chi connectivity index (χ2n) is 4.46. The molecule has 0 atom stereocenters. The van der Waals surface area contributed by atoms with Crippen LogP contribution in [0.15, 0.2) is 40.9 Å². The van der Waals surface area contributed by atoms with Gasteiger partial charge < -0.3 is 10.4 Å². The molecule has 21 heavy (non-hydrogen) atoms. The SMILES string of the molecule is O=C(O)Cc1ccc(CNc2ccc(Br)c(Cl)c2Cl)cc1. The highest BCUT2D eigenvalue weighted by Crippen LogP contribution is 2.35. The molecule has 3 nitrogen and oxygen atoms in total. The van der Waals surface area contributed by atoms with Gasteiger partial charge in [-0.25, -0.2) is 0 Å². The lowest BCUT2D eigenvalue weighted by atomic mass is 10.1. The first-order valence-corrected chi connectivity index (χ1v) is 7.69. The zero-order valence-corrected chi connectivity index (χ0v) is 14.0. The summed E-state index contributed by atoms with van der Waals surface area (Å²) in [6.45, 7) is 0.574. The number of nitrogens with one attached hydrogen (secondary N) is 1. The molecule has 0 fully saturated rings. The smallest absolute Gasteiger partial charge is 0.307 e. The van der Waals surface area contributed by atoms with E-state index in [0.29, 0.717) is 16.6 Å². The highest BCUT2D eigenvalue weighted by Gasteiger charge is 2.08. The molecule has 2 aromatic carbocycles. The molecule has 0 aromatic heterocycles. The number of carboxylic acid groups (broad SMARTS) is 1. The zero-order chi connectivity index (χ0) is 15.4. The van der Waals surface area contributed by atoms with E-state index in [1.165, 1.54) is 0 Å². The van der Waals surface area contributed by atoms with Gasteiger partial charge in [0.1, 0.15) is 0 Å². The summed E-state index contributed by atoms with van der Waals surface area (Å²) < 4.78 is 0.748. The molecule has 0 bridgehead atoms. The maximum Gasteiger partial charge on any atom is 0.307 e. The van der Waals surface area contributed by atoms with Crippen molar-refractivity contribution in [1.82, 2.24) is 0 Å². The molecule has 0 aliphatic carbocycles. The highest BCUT2D eigenvalue weighted by atomic mass is 79.9. The molecule has 0 spiro atoms. The summed E-state index contributed by atoms with van der Waals surface area (Å²) in [6.07, 6.45) is 0.0296. The van der Waals surface area contributed by atoms with Crippen LogP contribution in [0.3, 0.4) is 0 Å². The predicted molar refractivity (Wildman–Crippen MR) is 89.3 cm³/mol. The molecule has 110 valence electrons. The Hall–Kier alpha value is -1.23. The van der Waals surface area contributed by atoms with Crippen LogP contribution in [-0.2, 0) is 17.8 Å². The lowest BCUT2D eigenvalue weighted by Gasteiger charge is -2.10. The number of rotatable bonds is 5. The minimum absolute atomic E-state index is 0.0296. The van der Waals surface area contributed by atoms with Gasteiger partial charge in [-0.05, 0) is 39.2 Å². The fraction of sp³-hybridized carbons (Fsp3) is 0.133. The number of benzene rings is 2. The summed E-state index contributed by atoms with van der Waals surface area (Å²) in [6, 6.07) is 11.1. The Morgan fingerprint density at radius 2 is 1.67 bits per heavy atom. The van der Waals surface area contributed by atoms with Crippen LogP contribution in [-0.4, -0.2) is 11.1 Å². The summed E-state index contributed by atoms with van der Waals surface area (Å²) >= 11 is 15.5. The van der Waals surface area contributed by atoms with Gasteiger partial charge in [-0.15, -0.1) is 0 Å². The summed E-state index contributed by atoms with van der Waals surface area (Å²) in [5.41, 5.74) is 2.55. The molecule has 6 heteroatoms. The van der Waals surface area contributed by atoms with Gasteiger partial charge in [0.15, 0.2) is 0 Å². The summed E-state index contributed by atoms with van der Waals surface area (Å²) in [4.78, 5) is 10.6. The number of aliphatic carboxylic acids is 1. The van der Waals surface area contributed by atoms with Crippen molar-refractivity contribution in [2.24, 2.45) is 0 Å². The number of hydrogen-bond acceptors (Lipinski definition) is 2. The van der Waals surface area contributed by atoms with Gasteiger partial charge in [-0.2, -0.15) is 0 Å². The zero-order valence-electron chi connectivity index (χ0n) is 10.9. The standard InChI is InChI=1S/C15H12BrCl2NO2/c16-11-5-6-12(15(18)14(11)17)19-8-10-3-1-9(2-4-10)7-13(20)21/h1-6,19H,7-8H2,(H,20,21). The normalized spacial score (nSPS) is 10.4. The fourth-order valence-corrected chi connectivity index (χ4v) is 2.65. The molecule has 2 N–H and O–H groups in total. The van der Waals surface area contributed by atoms with Crippen molar-refractivity contribution in [2.45, 2.75) is 13.0 Å². The van der Waals surface area contributed by atoms with Crippen LogP contribution in [0.1, 0.15) is 11.1 Å². The highest BCUT2D eigenvalue weighted by molar-refractivity contribution is 9.10. The van der Waals surface area contributed by atoms with E-state index in [1.54, 1.807) is 12.1 Å². The number of carbonyl (C=O) groups is 1. The first-order valence-electron chi connectivity index (χ1n) is 6.14. The van der Waals surface area contributed by atoms with Crippen LogP contribution in [0.2, 0.25) is 10.0 Å². The van der Waals surface area contributed by atoms with Crippen molar-refractivity contribution in [3.8, 4) is 0 Å². The largest absolute Gasteiger partial charge is 0.481 e. The van der Waals surface area contributed by atoms with Crippen molar-refractivity contribution >= 4 is 50.8 Å². The Bertz CT molecular complexity index is 659. The lowest BCUT2D eigenvalue weighted by molar-refractivity contribution is -0.136. The molecule has 0 unspecified atom stereocenters. The van der Waals surface area contributed by atoms with Crippen molar-refractivity contribution in [3.63, 3.8) is 0 Å². The third-order valence-corrected chi connectivity index (χ3v) is 4.67. The van der Waals surface area contributed by atoms with E-state index in [2.05, 4.69) is 21.2 Å². The minimum atomic E-state index is -0.836. The molecule has 0 saturated carbocycles. The quantitative estimate of drug-likeness (QED) is 0.709. The lowest BCUT2D eigenvalue weighted by Crippen LogP contribution is -2.02. The monoisotopic (exact) mass is 387 g/mol. The van der Waals surface area contributed by atoms with E-state index in [1.807, 2.05) is 24.3 Å². The second kappa shape index (κ2) is 7.16. The average molecular weight is 389 g/mol. The molecule has 0 heterocycles. The molecular weight excluding hydrogens is 377 g/mol. The number of hydrogen-bond donors (Lipinski definition) is 2. The van der Waals surface area contributed by atoms with Gasteiger partial charge in [0.2, 0.25) is 0 Å². The van der Waals surface area contributed by atoms with E-state index < -0.39 is 5.97 Å². The van der Waals surface area contributed by atoms with Gasteiger partial charge >= 0.3 is 5.97 Å². The van der Waals surface area contributed by atoms with E-state index in [-0.39, 0.29) is 6.42 Å². The van der Waals surface area contributed by atoms with Gasteiger partial charge in [0.25, 0.3) is 0 Å². The van der Waals surface area contributed by atoms with E-state index in [4.69, 9.17) is 28.3 Å². The third-order valence-electron chi connectivity index (χ3n) is 2.90. The molecular formula is C15H12BrCl2NO2. The summed E-state index contributed by atoms with van der Waals surface area (Å²) in [7, 11) is 0. The Kier molecular flexibility index (Phi) is 5.51. The van der Waals surface area contributed by atoms with Crippen molar-refractivity contribution in [2.75, 3.05) is 5.32 Å². The maximum absolute atomic E-state index is 10.6. The molecule has 0 amide bonds. The summed E-state index contributed by atoms with van der Waals surface area (Å²) in [5, 5.41) is 12.9. The third kappa shape index (κ3) is 4.37. The molecule has 0 aliphatic rings. The van der Waals surface area contributed by atoms with Crippen molar-refractivity contribution in [1.29, 1.82) is 0 Å². The van der Waals surface area contributed by atoms with Crippen LogP contribution in [0, 0.1) is 0 Å². The van der Waals surface area contributed by atoms with Gasteiger partial charge in [0.05, 0.1) is 22.2 Å².